The number of nitrogens with zero attached hydrogens (tertiary/aromatic N) is 2. The molecule has 0 unspecified atom stereocenters. The Kier molecular flexibility index (Phi) is 7.03. The lowest BCUT2D eigenvalue weighted by Crippen LogP contribution is -2.40. The number of non-ortho nitro benzene ring substituents is 1. The van der Waals surface area contributed by atoms with Crippen LogP contribution in [0.4, 0.5) is 11.4 Å². The van der Waals surface area contributed by atoms with Crippen LogP contribution in [0.25, 0.3) is 0 Å². The number of nitro benzene ring substituents is 1. The molecule has 0 aromatic heterocycles. The van der Waals surface area contributed by atoms with Crippen molar-refractivity contribution in [3.63, 3.8) is 0 Å². The molecule has 1 aliphatic heterocycles. The topological polar surface area (TPSA) is 111 Å². The van der Waals surface area contributed by atoms with Crippen LogP contribution in [0.3, 0.4) is 0 Å². The Balaban J connectivity index is 1.64. The number of nitro groups is 1. The van der Waals surface area contributed by atoms with Crippen LogP contribution >= 0.6 is 0 Å². The van der Waals surface area contributed by atoms with Gasteiger partial charge in [0.25, 0.3) is 11.6 Å². The van der Waals surface area contributed by atoms with Crippen molar-refractivity contribution in [1.29, 1.82) is 0 Å². The van der Waals surface area contributed by atoms with E-state index in [2.05, 4.69) is 12.2 Å². The lowest BCUT2D eigenvalue weighted by atomic mass is 9.87. The highest BCUT2D eigenvalue weighted by molar-refractivity contribution is 5.97. The van der Waals surface area contributed by atoms with Crippen LogP contribution in [0.5, 0.6) is 0 Å². The third-order valence-electron chi connectivity index (χ3n) is 5.48. The largest absolute Gasteiger partial charge is 0.452 e. The van der Waals surface area contributed by atoms with Gasteiger partial charge < -0.3 is 19.7 Å². The number of morpholine rings is 1. The van der Waals surface area contributed by atoms with Crippen molar-refractivity contribution in [3.05, 3.63) is 33.9 Å². The number of amides is 1. The van der Waals surface area contributed by atoms with E-state index in [1.165, 1.54) is 12.1 Å². The number of rotatable bonds is 6. The van der Waals surface area contributed by atoms with E-state index in [-0.39, 0.29) is 23.2 Å². The van der Waals surface area contributed by atoms with E-state index in [0.717, 1.165) is 25.7 Å². The maximum atomic E-state index is 12.6. The van der Waals surface area contributed by atoms with Gasteiger partial charge in [-0.1, -0.05) is 6.92 Å². The number of ether oxygens (including phenoxy) is 2. The Labute approximate surface area is 169 Å². The second-order valence-electron chi connectivity index (χ2n) is 7.66. The summed E-state index contributed by atoms with van der Waals surface area (Å²) in [6.07, 6.45) is 3.99. The zero-order chi connectivity index (χ0) is 20.8. The Morgan fingerprint density at radius 3 is 2.59 bits per heavy atom. The van der Waals surface area contributed by atoms with Crippen molar-refractivity contribution in [2.24, 2.45) is 5.92 Å². The van der Waals surface area contributed by atoms with Crippen LogP contribution in [0, 0.1) is 16.0 Å². The molecule has 1 aromatic rings. The highest BCUT2D eigenvalue weighted by Gasteiger charge is 2.24. The molecule has 1 amide bonds. The predicted octanol–water partition coefficient (Wildman–Crippen LogP) is 2.28. The molecule has 1 N–H and O–H groups in total. The van der Waals surface area contributed by atoms with Gasteiger partial charge in [0.1, 0.15) is 0 Å². The fourth-order valence-corrected chi connectivity index (χ4v) is 3.76. The number of hydrogen-bond acceptors (Lipinski definition) is 7. The van der Waals surface area contributed by atoms with Gasteiger partial charge in [0.15, 0.2) is 6.61 Å². The Morgan fingerprint density at radius 2 is 1.93 bits per heavy atom. The SMILES string of the molecule is CC1CCC(NC(=O)COC(=O)c2cc([N+](=O)[O-])ccc2N2CCOCC2)CC1. The molecule has 0 spiro atoms. The van der Waals surface area contributed by atoms with Crippen molar-refractivity contribution in [2.45, 2.75) is 38.6 Å². The molecule has 158 valence electrons. The lowest BCUT2D eigenvalue weighted by Gasteiger charge is -2.30. The summed E-state index contributed by atoms with van der Waals surface area (Å²) in [5.74, 6) is -0.424. The number of nitrogens with one attached hydrogen (secondary N) is 1. The summed E-state index contributed by atoms with van der Waals surface area (Å²) in [4.78, 5) is 37.3. The summed E-state index contributed by atoms with van der Waals surface area (Å²) in [7, 11) is 0. The first-order chi connectivity index (χ1) is 13.9. The molecule has 9 nitrogen and oxygen atoms in total. The van der Waals surface area contributed by atoms with E-state index in [4.69, 9.17) is 9.47 Å². The zero-order valence-electron chi connectivity index (χ0n) is 16.6. The third-order valence-corrected chi connectivity index (χ3v) is 5.48. The summed E-state index contributed by atoms with van der Waals surface area (Å²) < 4.78 is 10.5. The maximum Gasteiger partial charge on any atom is 0.341 e. The van der Waals surface area contributed by atoms with Crippen LogP contribution in [-0.4, -0.2) is 55.8 Å². The quantitative estimate of drug-likeness (QED) is 0.439. The van der Waals surface area contributed by atoms with Gasteiger partial charge in [-0.3, -0.25) is 14.9 Å². The van der Waals surface area contributed by atoms with E-state index in [1.54, 1.807) is 6.07 Å². The number of esters is 1. The fourth-order valence-electron chi connectivity index (χ4n) is 3.76. The molecule has 2 aliphatic rings. The minimum atomic E-state index is -0.748. The Morgan fingerprint density at radius 1 is 1.24 bits per heavy atom. The van der Waals surface area contributed by atoms with Crippen molar-refractivity contribution in [1.82, 2.24) is 5.32 Å². The fraction of sp³-hybridized carbons (Fsp3) is 0.600. The van der Waals surface area contributed by atoms with Gasteiger partial charge in [0, 0.05) is 31.3 Å². The van der Waals surface area contributed by atoms with E-state index in [0.29, 0.717) is 37.9 Å². The molecule has 3 rings (SSSR count). The van der Waals surface area contributed by atoms with Crippen LogP contribution in [0.15, 0.2) is 18.2 Å². The van der Waals surface area contributed by atoms with Crippen molar-refractivity contribution in [3.8, 4) is 0 Å². The smallest absolute Gasteiger partial charge is 0.341 e. The highest BCUT2D eigenvalue weighted by atomic mass is 16.6. The molecule has 0 radical (unpaired) electrons. The molecule has 29 heavy (non-hydrogen) atoms. The standard InChI is InChI=1S/C20H27N3O6/c1-14-2-4-15(5-3-14)21-19(24)13-29-20(25)17-12-16(23(26)27)6-7-18(17)22-8-10-28-11-9-22/h6-7,12,14-15H,2-5,8-11,13H2,1H3,(H,21,24). The zero-order valence-corrected chi connectivity index (χ0v) is 16.6. The third kappa shape index (κ3) is 5.66. The van der Waals surface area contributed by atoms with Crippen LogP contribution in [0.2, 0.25) is 0 Å². The number of carbonyl (C=O) groups is 2. The average molecular weight is 405 g/mol. The van der Waals surface area contributed by atoms with Gasteiger partial charge in [-0.05, 0) is 37.7 Å². The summed E-state index contributed by atoms with van der Waals surface area (Å²) in [5, 5.41) is 14.0. The minimum absolute atomic E-state index is 0.0837. The first-order valence-electron chi connectivity index (χ1n) is 10.0. The molecule has 1 saturated carbocycles. The van der Waals surface area contributed by atoms with E-state index < -0.39 is 17.5 Å². The summed E-state index contributed by atoms with van der Waals surface area (Å²) in [6.45, 7) is 3.94. The lowest BCUT2D eigenvalue weighted by molar-refractivity contribution is -0.384. The first-order valence-corrected chi connectivity index (χ1v) is 10.0. The first kappa shape index (κ1) is 21.0. The van der Waals surface area contributed by atoms with Gasteiger partial charge in [-0.2, -0.15) is 0 Å². The molecular weight excluding hydrogens is 378 g/mol. The van der Waals surface area contributed by atoms with Gasteiger partial charge in [0.2, 0.25) is 0 Å². The Hall–Kier alpha value is -2.68. The van der Waals surface area contributed by atoms with Crippen LogP contribution < -0.4 is 10.2 Å². The van der Waals surface area contributed by atoms with Crippen molar-refractivity contribution >= 4 is 23.3 Å². The van der Waals surface area contributed by atoms with Crippen LogP contribution in [-0.2, 0) is 14.3 Å². The second kappa shape index (κ2) is 9.69. The Bertz CT molecular complexity index is 755. The van der Waals surface area contributed by atoms with Gasteiger partial charge in [-0.15, -0.1) is 0 Å². The number of anilines is 1. The second-order valence-corrected chi connectivity index (χ2v) is 7.66. The van der Waals surface area contributed by atoms with Crippen LogP contribution in [0.1, 0.15) is 43.0 Å². The molecule has 9 heteroatoms. The summed E-state index contributed by atoms with van der Waals surface area (Å²) in [6, 6.07) is 4.22. The van der Waals surface area contributed by atoms with Crippen molar-refractivity contribution in [2.75, 3.05) is 37.8 Å². The molecule has 1 aliphatic carbocycles. The molecule has 0 bridgehead atoms. The highest BCUT2D eigenvalue weighted by Crippen LogP contribution is 2.27. The molecule has 2 fully saturated rings. The molecule has 0 atom stereocenters. The van der Waals surface area contributed by atoms with Gasteiger partial charge in [0.05, 0.1) is 29.4 Å². The average Bonchev–Trinajstić information content (AvgIpc) is 2.74. The molecule has 1 saturated heterocycles. The van der Waals surface area contributed by atoms with E-state index in [1.807, 2.05) is 4.90 Å². The predicted molar refractivity (Wildman–Crippen MR) is 106 cm³/mol. The molecular formula is C20H27N3O6. The molecule has 1 heterocycles. The van der Waals surface area contributed by atoms with Gasteiger partial charge >= 0.3 is 5.97 Å². The van der Waals surface area contributed by atoms with E-state index in [9.17, 15) is 19.7 Å². The summed E-state index contributed by atoms with van der Waals surface area (Å²) in [5.41, 5.74) is 0.431. The summed E-state index contributed by atoms with van der Waals surface area (Å²) >= 11 is 0. The number of benzene rings is 1. The maximum absolute atomic E-state index is 12.6. The normalized spacial score (nSPS) is 22.0. The number of hydrogen-bond donors (Lipinski definition) is 1. The number of carbonyl (C=O) groups excluding carboxylic acids is 2. The minimum Gasteiger partial charge on any atom is -0.452 e. The van der Waals surface area contributed by atoms with Crippen molar-refractivity contribution < 1.29 is 24.0 Å². The molecule has 1 aromatic carbocycles. The van der Waals surface area contributed by atoms with E-state index >= 15 is 0 Å². The van der Waals surface area contributed by atoms with Gasteiger partial charge in [-0.25, -0.2) is 4.79 Å². The monoisotopic (exact) mass is 405 g/mol.